The number of piperidine rings is 1. The molecule has 0 N–H and O–H groups in total. The molecule has 2 saturated heterocycles. The molecule has 11 heteroatoms. The van der Waals surface area contributed by atoms with Crippen molar-refractivity contribution in [3.05, 3.63) is 48.3 Å². The second-order valence-electron chi connectivity index (χ2n) is 9.07. The highest BCUT2D eigenvalue weighted by atomic mass is 32.2. The van der Waals surface area contributed by atoms with Crippen LogP contribution < -0.4 is 9.64 Å². The van der Waals surface area contributed by atoms with E-state index in [2.05, 4.69) is 0 Å². The van der Waals surface area contributed by atoms with E-state index in [-0.39, 0.29) is 23.5 Å². The summed E-state index contributed by atoms with van der Waals surface area (Å²) in [6, 6.07) is 10.4. The molecule has 2 aliphatic heterocycles. The summed E-state index contributed by atoms with van der Waals surface area (Å²) >= 11 is 1.41. The maximum Gasteiger partial charge on any atom is 0.243 e. The van der Waals surface area contributed by atoms with Crippen molar-refractivity contribution in [2.75, 3.05) is 38.3 Å². The highest BCUT2D eigenvalue weighted by Crippen LogP contribution is 2.34. The van der Waals surface area contributed by atoms with Gasteiger partial charge in [0.05, 0.1) is 40.8 Å². The normalized spacial score (nSPS) is 21.1. The minimum atomic E-state index is -3.84. The van der Waals surface area contributed by atoms with Gasteiger partial charge in [-0.25, -0.2) is 17.8 Å². The van der Waals surface area contributed by atoms with Gasteiger partial charge in [0, 0.05) is 19.7 Å². The van der Waals surface area contributed by atoms with Crippen LogP contribution >= 0.6 is 11.3 Å². The Labute approximate surface area is 213 Å². The summed E-state index contributed by atoms with van der Waals surface area (Å²) in [5.74, 6) is -0.463. The minimum absolute atomic E-state index is 0.0216. The number of amides is 1. The number of nitrogens with zero attached hydrogens (tertiary/aromatic N) is 3. The van der Waals surface area contributed by atoms with Crippen LogP contribution in [-0.4, -0.2) is 63.1 Å². The highest BCUT2D eigenvalue weighted by molar-refractivity contribution is 7.89. The number of fused-ring (bicyclic) bond motifs is 1. The lowest BCUT2D eigenvalue weighted by Crippen LogP contribution is -2.48. The van der Waals surface area contributed by atoms with Gasteiger partial charge in [0.15, 0.2) is 5.13 Å². The fourth-order valence-corrected chi connectivity index (χ4v) is 7.26. The van der Waals surface area contributed by atoms with E-state index < -0.39 is 21.8 Å². The van der Waals surface area contributed by atoms with Gasteiger partial charge in [0.2, 0.25) is 15.9 Å². The number of carbonyl (C=O) groups excluding carboxylic acids is 1. The Kier molecular flexibility index (Phi) is 7.25. The van der Waals surface area contributed by atoms with Gasteiger partial charge in [0.1, 0.15) is 11.6 Å². The lowest BCUT2D eigenvalue weighted by Gasteiger charge is -2.34. The van der Waals surface area contributed by atoms with Crippen molar-refractivity contribution in [2.45, 2.75) is 36.7 Å². The van der Waals surface area contributed by atoms with Gasteiger partial charge in [0.25, 0.3) is 0 Å². The first-order chi connectivity index (χ1) is 17.3. The van der Waals surface area contributed by atoms with E-state index in [0.717, 1.165) is 35.2 Å². The molecule has 2 fully saturated rings. The number of sulfonamides is 1. The van der Waals surface area contributed by atoms with Gasteiger partial charge in [-0.1, -0.05) is 11.3 Å². The molecule has 2 aromatic carbocycles. The van der Waals surface area contributed by atoms with Crippen molar-refractivity contribution < 1.29 is 27.1 Å². The van der Waals surface area contributed by atoms with Crippen LogP contribution in [0.5, 0.6) is 5.75 Å². The largest absolute Gasteiger partial charge is 0.497 e. The monoisotopic (exact) mass is 533 g/mol. The molecule has 0 saturated carbocycles. The summed E-state index contributed by atoms with van der Waals surface area (Å²) < 4.78 is 53.1. The van der Waals surface area contributed by atoms with Crippen molar-refractivity contribution in [3.8, 4) is 5.75 Å². The number of methoxy groups -OCH3 is 1. The molecule has 1 amide bonds. The van der Waals surface area contributed by atoms with E-state index in [1.165, 1.54) is 27.8 Å². The topological polar surface area (TPSA) is 89.0 Å². The highest BCUT2D eigenvalue weighted by Gasteiger charge is 2.37. The van der Waals surface area contributed by atoms with E-state index in [0.29, 0.717) is 43.4 Å². The van der Waals surface area contributed by atoms with Crippen LogP contribution in [0.2, 0.25) is 0 Å². The SMILES string of the molecule is COc1ccc2nc(N(CC3CCCO3)C(=O)C3CCCN(S(=O)(=O)c4ccc(F)cc4)C3)sc2c1. The number of benzene rings is 2. The minimum Gasteiger partial charge on any atom is -0.497 e. The van der Waals surface area contributed by atoms with E-state index in [1.807, 2.05) is 18.2 Å². The van der Waals surface area contributed by atoms with Crippen molar-refractivity contribution in [1.29, 1.82) is 0 Å². The molecule has 8 nitrogen and oxygen atoms in total. The Morgan fingerprint density at radius 1 is 1.22 bits per heavy atom. The molecule has 5 rings (SSSR count). The summed E-state index contributed by atoms with van der Waals surface area (Å²) in [5.41, 5.74) is 0.769. The average molecular weight is 534 g/mol. The zero-order valence-electron chi connectivity index (χ0n) is 19.9. The molecule has 0 radical (unpaired) electrons. The number of hydrogen-bond donors (Lipinski definition) is 0. The Bertz CT molecular complexity index is 1340. The Hall–Kier alpha value is -2.60. The molecular weight excluding hydrogens is 505 g/mol. The van der Waals surface area contributed by atoms with Gasteiger partial charge in [-0.15, -0.1) is 0 Å². The maximum absolute atomic E-state index is 13.9. The van der Waals surface area contributed by atoms with Gasteiger partial charge in [-0.3, -0.25) is 9.69 Å². The predicted octanol–water partition coefficient (Wildman–Crippen LogP) is 4.06. The number of ether oxygens (including phenoxy) is 2. The van der Waals surface area contributed by atoms with E-state index >= 15 is 0 Å². The standard InChI is InChI=1S/C25H28FN3O5S2/c1-33-19-8-11-22-23(14-19)35-25(27-22)29(16-20-5-3-13-34-20)24(30)17-4-2-12-28(15-17)36(31,32)21-9-6-18(26)7-10-21/h6-11,14,17,20H,2-5,12-13,15-16H2,1H3. The number of hydrogen-bond acceptors (Lipinski definition) is 7. The number of carbonyl (C=O) groups is 1. The third-order valence-corrected chi connectivity index (χ3v) is 9.60. The van der Waals surface area contributed by atoms with Crippen LogP contribution in [0.1, 0.15) is 25.7 Å². The lowest BCUT2D eigenvalue weighted by molar-refractivity contribution is -0.123. The summed E-state index contributed by atoms with van der Waals surface area (Å²) in [6.07, 6.45) is 2.85. The maximum atomic E-state index is 13.9. The molecule has 3 heterocycles. The first-order valence-corrected chi connectivity index (χ1v) is 14.2. The van der Waals surface area contributed by atoms with E-state index in [9.17, 15) is 17.6 Å². The first-order valence-electron chi connectivity index (χ1n) is 12.0. The quantitative estimate of drug-likeness (QED) is 0.455. The summed E-state index contributed by atoms with van der Waals surface area (Å²) in [4.78, 5) is 20.3. The second-order valence-corrected chi connectivity index (χ2v) is 12.0. The number of rotatable bonds is 7. The third-order valence-electron chi connectivity index (χ3n) is 6.68. The smallest absolute Gasteiger partial charge is 0.243 e. The molecular formula is C25H28FN3O5S2. The van der Waals surface area contributed by atoms with Crippen LogP contribution in [0.3, 0.4) is 0 Å². The van der Waals surface area contributed by atoms with Crippen LogP contribution in [0, 0.1) is 11.7 Å². The molecule has 192 valence electrons. The van der Waals surface area contributed by atoms with Gasteiger partial charge in [-0.2, -0.15) is 4.31 Å². The second kappa shape index (κ2) is 10.4. The molecule has 2 unspecified atom stereocenters. The fraction of sp³-hybridized carbons (Fsp3) is 0.440. The zero-order valence-corrected chi connectivity index (χ0v) is 21.6. The molecule has 0 aliphatic carbocycles. The van der Waals surface area contributed by atoms with Crippen molar-refractivity contribution in [3.63, 3.8) is 0 Å². The molecule has 0 bridgehead atoms. The molecule has 1 aromatic heterocycles. The molecule has 2 atom stereocenters. The zero-order chi connectivity index (χ0) is 25.3. The Balaban J connectivity index is 1.41. The molecule has 3 aromatic rings. The van der Waals surface area contributed by atoms with Crippen LogP contribution in [0.4, 0.5) is 9.52 Å². The predicted molar refractivity (Wildman–Crippen MR) is 135 cm³/mol. The number of halogens is 1. The Morgan fingerprint density at radius 2 is 2.03 bits per heavy atom. The van der Waals surface area contributed by atoms with Gasteiger partial charge >= 0.3 is 0 Å². The van der Waals surface area contributed by atoms with Crippen molar-refractivity contribution in [2.24, 2.45) is 5.92 Å². The van der Waals surface area contributed by atoms with Gasteiger partial charge < -0.3 is 9.47 Å². The lowest BCUT2D eigenvalue weighted by atomic mass is 9.98. The summed E-state index contributed by atoms with van der Waals surface area (Å²) in [7, 11) is -2.24. The molecule has 2 aliphatic rings. The van der Waals surface area contributed by atoms with E-state index in [4.69, 9.17) is 14.5 Å². The summed E-state index contributed by atoms with van der Waals surface area (Å²) in [6.45, 7) is 1.42. The molecule has 0 spiro atoms. The third kappa shape index (κ3) is 5.10. The van der Waals surface area contributed by atoms with Crippen LogP contribution in [0.15, 0.2) is 47.4 Å². The fourth-order valence-electron chi connectivity index (χ4n) is 4.73. The van der Waals surface area contributed by atoms with Crippen molar-refractivity contribution in [1.82, 2.24) is 9.29 Å². The van der Waals surface area contributed by atoms with E-state index in [1.54, 1.807) is 12.0 Å². The Morgan fingerprint density at radius 3 is 2.75 bits per heavy atom. The average Bonchev–Trinajstić information content (AvgIpc) is 3.56. The number of aromatic nitrogens is 1. The number of thiazole rings is 1. The first kappa shape index (κ1) is 25.1. The van der Waals surface area contributed by atoms with Crippen molar-refractivity contribution >= 4 is 42.6 Å². The number of anilines is 1. The molecule has 36 heavy (non-hydrogen) atoms. The van der Waals surface area contributed by atoms with Crippen LogP contribution in [0.25, 0.3) is 10.2 Å². The van der Waals surface area contributed by atoms with Crippen LogP contribution in [-0.2, 0) is 19.6 Å². The summed E-state index contributed by atoms with van der Waals surface area (Å²) in [5, 5.41) is 0.567. The van der Waals surface area contributed by atoms with Gasteiger partial charge in [-0.05, 0) is 68.1 Å².